The van der Waals surface area contributed by atoms with Gasteiger partial charge < -0.3 is 4.52 Å². The van der Waals surface area contributed by atoms with Gasteiger partial charge in [0.15, 0.2) is 0 Å². The number of pyridine rings is 1. The predicted octanol–water partition coefficient (Wildman–Crippen LogP) is 2.37. The van der Waals surface area contributed by atoms with Crippen molar-refractivity contribution < 1.29 is 14.1 Å². The fourth-order valence-electron chi connectivity index (χ4n) is 2.71. The lowest BCUT2D eigenvalue weighted by Crippen LogP contribution is -2.42. The highest BCUT2D eigenvalue weighted by atomic mass is 16.5. The summed E-state index contributed by atoms with van der Waals surface area (Å²) in [6, 6.07) is 6.09. The van der Waals surface area contributed by atoms with Gasteiger partial charge in [0.2, 0.25) is 17.7 Å². The van der Waals surface area contributed by atoms with Gasteiger partial charge in [-0.05, 0) is 18.6 Å². The van der Waals surface area contributed by atoms with Crippen LogP contribution in [0.25, 0.3) is 0 Å². The average Bonchev–Trinajstić information content (AvgIpc) is 3.21. The molecule has 1 atom stereocenters. The number of amides is 2. The van der Waals surface area contributed by atoms with Gasteiger partial charge in [-0.15, -0.1) is 0 Å². The first-order valence-electron chi connectivity index (χ1n) is 8.26. The minimum Gasteiger partial charge on any atom is -0.338 e. The highest BCUT2D eigenvalue weighted by molar-refractivity contribution is 6.06. The van der Waals surface area contributed by atoms with E-state index in [0.29, 0.717) is 17.8 Å². The Hall–Kier alpha value is -3.21. The quantitative estimate of drug-likeness (QED) is 0.906. The van der Waals surface area contributed by atoms with E-state index in [-0.39, 0.29) is 29.5 Å². The van der Waals surface area contributed by atoms with Gasteiger partial charge >= 0.3 is 0 Å². The number of hydrogen-bond acceptors (Lipinski definition) is 6. The van der Waals surface area contributed by atoms with Gasteiger partial charge in [-0.2, -0.15) is 5.26 Å². The molecular weight excluding hydrogens is 334 g/mol. The van der Waals surface area contributed by atoms with E-state index in [1.54, 1.807) is 18.2 Å². The summed E-state index contributed by atoms with van der Waals surface area (Å²) in [7, 11) is 0. The van der Waals surface area contributed by atoms with Crippen LogP contribution < -0.4 is 10.2 Å². The molecule has 0 radical (unpaired) electrons. The first-order valence-corrected chi connectivity index (χ1v) is 8.26. The number of rotatable bonds is 3. The third kappa shape index (κ3) is 3.42. The SMILES string of the molecule is CC(C)(C)c1cc(NC(=O)[C@@H]2CCC(=O)N2c2ccc(C#N)cn2)on1. The van der Waals surface area contributed by atoms with Crippen LogP contribution in [0.5, 0.6) is 0 Å². The van der Waals surface area contributed by atoms with Crippen LogP contribution >= 0.6 is 0 Å². The maximum absolute atomic E-state index is 12.7. The number of hydrogen-bond donors (Lipinski definition) is 1. The van der Waals surface area contributed by atoms with E-state index in [1.807, 2.05) is 26.8 Å². The maximum atomic E-state index is 12.7. The van der Waals surface area contributed by atoms with Gasteiger partial charge in [-0.25, -0.2) is 4.98 Å². The highest BCUT2D eigenvalue weighted by Gasteiger charge is 2.38. The molecule has 0 aliphatic carbocycles. The summed E-state index contributed by atoms with van der Waals surface area (Å²) in [5, 5.41) is 15.5. The number of carbonyl (C=O) groups excluding carboxylic acids is 2. The fraction of sp³-hybridized carbons (Fsp3) is 0.389. The zero-order valence-electron chi connectivity index (χ0n) is 14.8. The minimum atomic E-state index is -0.689. The molecule has 3 rings (SSSR count). The molecule has 8 heteroatoms. The van der Waals surface area contributed by atoms with Crippen molar-refractivity contribution >= 4 is 23.5 Å². The predicted molar refractivity (Wildman–Crippen MR) is 93.3 cm³/mol. The number of carbonyl (C=O) groups is 2. The Kier molecular flexibility index (Phi) is 4.47. The topological polar surface area (TPSA) is 112 Å². The van der Waals surface area contributed by atoms with Crippen molar-refractivity contribution in [3.63, 3.8) is 0 Å². The lowest BCUT2D eigenvalue weighted by Gasteiger charge is -2.22. The summed E-state index contributed by atoms with van der Waals surface area (Å²) >= 11 is 0. The molecule has 134 valence electrons. The van der Waals surface area contributed by atoms with Gasteiger partial charge in [-0.1, -0.05) is 25.9 Å². The number of nitrogens with zero attached hydrogens (tertiary/aromatic N) is 4. The molecule has 0 unspecified atom stereocenters. The molecule has 1 N–H and O–H groups in total. The fourth-order valence-corrected chi connectivity index (χ4v) is 2.71. The zero-order chi connectivity index (χ0) is 18.9. The molecule has 0 aromatic carbocycles. The summed E-state index contributed by atoms with van der Waals surface area (Å²) in [4.78, 5) is 30.4. The Balaban J connectivity index is 1.78. The molecule has 8 nitrogen and oxygen atoms in total. The van der Waals surface area contributed by atoms with E-state index in [0.717, 1.165) is 5.69 Å². The Morgan fingerprint density at radius 2 is 2.19 bits per heavy atom. The van der Waals surface area contributed by atoms with Crippen LogP contribution in [0, 0.1) is 11.3 Å². The smallest absolute Gasteiger partial charge is 0.250 e. The average molecular weight is 353 g/mol. The molecule has 0 bridgehead atoms. The molecule has 2 amide bonds. The molecule has 0 spiro atoms. The first-order chi connectivity index (χ1) is 12.3. The molecule has 1 aliphatic heterocycles. The van der Waals surface area contributed by atoms with Crippen molar-refractivity contribution in [1.29, 1.82) is 5.26 Å². The van der Waals surface area contributed by atoms with Gasteiger partial charge in [0.05, 0.1) is 11.3 Å². The van der Waals surface area contributed by atoms with Gasteiger partial charge in [0.1, 0.15) is 17.9 Å². The van der Waals surface area contributed by atoms with Crippen molar-refractivity contribution in [3.8, 4) is 6.07 Å². The van der Waals surface area contributed by atoms with Crippen LogP contribution in [-0.4, -0.2) is 28.0 Å². The second kappa shape index (κ2) is 6.59. The largest absolute Gasteiger partial charge is 0.338 e. The Morgan fingerprint density at radius 1 is 1.42 bits per heavy atom. The molecular formula is C18H19N5O3. The van der Waals surface area contributed by atoms with E-state index in [2.05, 4.69) is 15.5 Å². The second-order valence-corrected chi connectivity index (χ2v) is 7.15. The van der Waals surface area contributed by atoms with E-state index in [1.165, 1.54) is 11.1 Å². The Labute approximate surface area is 150 Å². The molecule has 1 aliphatic rings. The van der Waals surface area contributed by atoms with Crippen molar-refractivity contribution in [1.82, 2.24) is 10.1 Å². The van der Waals surface area contributed by atoms with E-state index in [4.69, 9.17) is 9.78 Å². The summed E-state index contributed by atoms with van der Waals surface area (Å²) in [5.74, 6) is 0.0422. The van der Waals surface area contributed by atoms with Crippen LogP contribution in [0.1, 0.15) is 44.9 Å². The van der Waals surface area contributed by atoms with E-state index < -0.39 is 6.04 Å². The van der Waals surface area contributed by atoms with Crippen molar-refractivity contribution in [3.05, 3.63) is 35.7 Å². The number of anilines is 2. The monoisotopic (exact) mass is 353 g/mol. The summed E-state index contributed by atoms with van der Waals surface area (Å²) < 4.78 is 5.18. The molecule has 1 saturated heterocycles. The Bertz CT molecular complexity index is 873. The third-order valence-electron chi connectivity index (χ3n) is 4.16. The van der Waals surface area contributed by atoms with Crippen LogP contribution in [-0.2, 0) is 15.0 Å². The van der Waals surface area contributed by atoms with Gasteiger partial charge in [-0.3, -0.25) is 19.8 Å². The standard InChI is InChI=1S/C18H19N5O3/c1-18(2,3)13-8-15(26-22-13)21-17(25)12-5-7-16(24)23(12)14-6-4-11(9-19)10-20-14/h4,6,8,10,12H,5,7H2,1-3H3,(H,21,25)/t12-/m0/s1. The van der Waals surface area contributed by atoms with Crippen molar-refractivity contribution in [2.24, 2.45) is 0 Å². The van der Waals surface area contributed by atoms with Gasteiger partial charge in [0.25, 0.3) is 0 Å². The molecule has 0 saturated carbocycles. The minimum absolute atomic E-state index is 0.185. The maximum Gasteiger partial charge on any atom is 0.250 e. The Morgan fingerprint density at radius 3 is 2.77 bits per heavy atom. The molecule has 3 heterocycles. The molecule has 2 aromatic rings. The summed E-state index contributed by atoms with van der Waals surface area (Å²) in [6.45, 7) is 5.97. The second-order valence-electron chi connectivity index (χ2n) is 7.15. The molecule has 2 aromatic heterocycles. The first kappa shape index (κ1) is 17.6. The van der Waals surface area contributed by atoms with Gasteiger partial charge in [0, 0.05) is 24.1 Å². The van der Waals surface area contributed by atoms with Crippen molar-refractivity contribution in [2.75, 3.05) is 10.2 Å². The van der Waals surface area contributed by atoms with Crippen molar-refractivity contribution in [2.45, 2.75) is 45.1 Å². The zero-order valence-corrected chi connectivity index (χ0v) is 14.8. The number of nitriles is 1. The molecule has 1 fully saturated rings. The lowest BCUT2D eigenvalue weighted by molar-refractivity contribution is -0.120. The normalized spacial score (nSPS) is 17.2. The van der Waals surface area contributed by atoms with Crippen LogP contribution in [0.15, 0.2) is 28.9 Å². The lowest BCUT2D eigenvalue weighted by atomic mass is 9.92. The number of nitrogens with one attached hydrogen (secondary N) is 1. The summed E-state index contributed by atoms with van der Waals surface area (Å²) in [5.41, 5.74) is 0.910. The van der Waals surface area contributed by atoms with Crippen LogP contribution in [0.2, 0.25) is 0 Å². The van der Waals surface area contributed by atoms with Crippen LogP contribution in [0.3, 0.4) is 0 Å². The molecule has 26 heavy (non-hydrogen) atoms. The summed E-state index contributed by atoms with van der Waals surface area (Å²) in [6.07, 6.45) is 2.01. The number of aromatic nitrogens is 2. The van der Waals surface area contributed by atoms with E-state index >= 15 is 0 Å². The van der Waals surface area contributed by atoms with E-state index in [9.17, 15) is 9.59 Å². The third-order valence-corrected chi connectivity index (χ3v) is 4.16. The van der Waals surface area contributed by atoms with Crippen LogP contribution in [0.4, 0.5) is 11.7 Å². The highest BCUT2D eigenvalue weighted by Crippen LogP contribution is 2.27.